The smallest absolute Gasteiger partial charge is 0.408 e. The van der Waals surface area contributed by atoms with Crippen LogP contribution in [0.1, 0.15) is 24.2 Å². The number of alkyl carbamates (subject to hydrolysis) is 1. The Morgan fingerprint density at radius 2 is 1.57 bits per heavy atom. The predicted molar refractivity (Wildman–Crippen MR) is 134 cm³/mol. The summed E-state index contributed by atoms with van der Waals surface area (Å²) in [7, 11) is 0. The van der Waals surface area contributed by atoms with Gasteiger partial charge in [-0.05, 0) is 23.6 Å². The molecule has 35 heavy (non-hydrogen) atoms. The van der Waals surface area contributed by atoms with E-state index in [0.717, 1.165) is 16.0 Å². The summed E-state index contributed by atoms with van der Waals surface area (Å²) in [6.45, 7) is 4.89. The number of rotatable bonds is 8. The van der Waals surface area contributed by atoms with Crippen molar-refractivity contribution in [3.05, 3.63) is 83.9 Å². The van der Waals surface area contributed by atoms with E-state index < -0.39 is 52.1 Å². The lowest BCUT2D eigenvalue weighted by atomic mass is 9.98. The summed E-state index contributed by atoms with van der Waals surface area (Å²) in [5.41, 5.74) is 0.775. The molecule has 2 aromatic carbocycles. The Labute approximate surface area is 222 Å². The molecule has 0 aliphatic carbocycles. The van der Waals surface area contributed by atoms with Crippen LogP contribution in [0.15, 0.2) is 72.8 Å². The molecule has 2 aromatic rings. The fraction of sp³-hybridized carbons (Fsp3) is 0.292. The Hall–Kier alpha value is -2.45. The predicted octanol–water partition coefficient (Wildman–Crippen LogP) is 5.14. The number of alkyl halides is 4. The van der Waals surface area contributed by atoms with Crippen LogP contribution in [0.4, 0.5) is 4.79 Å². The first kappa shape index (κ1) is 27.1. The third-order valence-electron chi connectivity index (χ3n) is 5.11. The van der Waals surface area contributed by atoms with Gasteiger partial charge < -0.3 is 19.7 Å². The minimum absolute atomic E-state index is 0.339. The first-order valence-corrected chi connectivity index (χ1v) is 12.0. The molecule has 0 radical (unpaired) electrons. The molecule has 1 aliphatic rings. The number of amides is 2. The van der Waals surface area contributed by atoms with Crippen molar-refractivity contribution in [2.24, 2.45) is 0 Å². The van der Waals surface area contributed by atoms with Crippen molar-refractivity contribution in [3.8, 4) is 0 Å². The number of halogens is 4. The number of carbonyl (C=O) groups is 3. The molecule has 1 saturated heterocycles. The van der Waals surface area contributed by atoms with Crippen LogP contribution in [-0.2, 0) is 19.1 Å². The molecule has 0 aromatic heterocycles. The largest absolute Gasteiger partial charge is 0.451 e. The highest BCUT2D eigenvalue weighted by atomic mass is 35.6. The highest BCUT2D eigenvalue weighted by molar-refractivity contribution is 6.67. The van der Waals surface area contributed by atoms with Gasteiger partial charge in [0.05, 0.1) is 0 Å². The number of carbonyl (C=O) groups excluding carboxylic acids is 3. The van der Waals surface area contributed by atoms with E-state index >= 15 is 0 Å². The van der Waals surface area contributed by atoms with Crippen LogP contribution < -0.4 is 5.32 Å². The number of hydrogen-bond acceptors (Lipinski definition) is 5. The van der Waals surface area contributed by atoms with Gasteiger partial charge >= 0.3 is 12.1 Å². The van der Waals surface area contributed by atoms with Crippen molar-refractivity contribution in [1.29, 1.82) is 0 Å². The van der Waals surface area contributed by atoms with E-state index in [9.17, 15) is 14.4 Å². The van der Waals surface area contributed by atoms with Crippen molar-refractivity contribution in [1.82, 2.24) is 10.2 Å². The molecule has 1 unspecified atom stereocenters. The molecule has 1 aliphatic heterocycles. The van der Waals surface area contributed by atoms with Crippen molar-refractivity contribution >= 4 is 64.4 Å². The van der Waals surface area contributed by atoms with Gasteiger partial charge in [0.15, 0.2) is 12.1 Å². The number of hydrogen-bond donors (Lipinski definition) is 1. The maximum atomic E-state index is 13.3. The summed E-state index contributed by atoms with van der Waals surface area (Å²) in [6, 6.07) is 16.1. The minimum Gasteiger partial charge on any atom is -0.451 e. The lowest BCUT2D eigenvalue weighted by Crippen LogP contribution is -2.72. The number of nitrogens with one attached hydrogen (secondary N) is 1. The van der Waals surface area contributed by atoms with Gasteiger partial charge in [-0.15, -0.1) is 0 Å². The average Bonchev–Trinajstić information content (AvgIpc) is 2.83. The van der Waals surface area contributed by atoms with Gasteiger partial charge in [0.2, 0.25) is 3.79 Å². The third-order valence-corrected chi connectivity index (χ3v) is 5.90. The number of benzene rings is 2. The van der Waals surface area contributed by atoms with E-state index in [1.165, 1.54) is 0 Å². The standard InChI is InChI=1S/C24H22Cl4N2O5/c1-14(2)18(30-20(25)17(21(30)31)29-23(33)34-13-24(26,27)28)22(32)35-19(15-9-5-3-6-10-15)16-11-7-4-8-12-16/h3-12,17-20H,1,13H2,2H3,(H,29,33)/t17-,18?,20+/m1/s1. The van der Waals surface area contributed by atoms with Crippen molar-refractivity contribution in [2.45, 2.75) is 34.4 Å². The van der Waals surface area contributed by atoms with Crippen LogP contribution in [0.3, 0.4) is 0 Å². The fourth-order valence-electron chi connectivity index (χ4n) is 3.51. The van der Waals surface area contributed by atoms with Gasteiger partial charge in [-0.2, -0.15) is 0 Å². The van der Waals surface area contributed by atoms with E-state index in [4.69, 9.17) is 55.9 Å². The summed E-state index contributed by atoms with van der Waals surface area (Å²) in [5.74, 6) is -1.33. The first-order chi connectivity index (χ1) is 16.5. The highest BCUT2D eigenvalue weighted by Gasteiger charge is 2.53. The topological polar surface area (TPSA) is 84.9 Å². The van der Waals surface area contributed by atoms with Crippen LogP contribution in [0.5, 0.6) is 0 Å². The van der Waals surface area contributed by atoms with E-state index in [-0.39, 0.29) is 0 Å². The zero-order valence-corrected chi connectivity index (χ0v) is 21.5. The van der Waals surface area contributed by atoms with Gasteiger partial charge in [-0.25, -0.2) is 9.59 Å². The zero-order chi connectivity index (χ0) is 25.8. The Balaban J connectivity index is 1.74. The van der Waals surface area contributed by atoms with E-state index in [0.29, 0.717) is 5.57 Å². The Morgan fingerprint density at radius 1 is 1.06 bits per heavy atom. The molecule has 186 valence electrons. The molecule has 1 N–H and O–H groups in total. The number of nitrogens with zero attached hydrogens (tertiary/aromatic N) is 1. The molecule has 1 heterocycles. The summed E-state index contributed by atoms with van der Waals surface area (Å²) in [4.78, 5) is 39.2. The quantitative estimate of drug-likeness (QED) is 0.159. The van der Waals surface area contributed by atoms with Crippen molar-refractivity contribution in [3.63, 3.8) is 0 Å². The van der Waals surface area contributed by atoms with Crippen molar-refractivity contribution in [2.75, 3.05) is 6.61 Å². The second-order valence-electron chi connectivity index (χ2n) is 7.82. The molecule has 1 fully saturated rings. The summed E-state index contributed by atoms with van der Waals surface area (Å²) < 4.78 is 8.84. The Morgan fingerprint density at radius 3 is 2.00 bits per heavy atom. The third kappa shape index (κ3) is 6.82. The second-order valence-corrected chi connectivity index (χ2v) is 10.8. The number of likely N-dealkylation sites (tertiary alicyclic amines) is 1. The van der Waals surface area contributed by atoms with Gasteiger partial charge in [0.1, 0.15) is 18.1 Å². The van der Waals surface area contributed by atoms with Gasteiger partial charge in [-0.1, -0.05) is 114 Å². The van der Waals surface area contributed by atoms with Crippen LogP contribution in [0.2, 0.25) is 0 Å². The molecular formula is C24H22Cl4N2O5. The van der Waals surface area contributed by atoms with Gasteiger partial charge in [0, 0.05) is 0 Å². The molecule has 0 saturated carbocycles. The summed E-state index contributed by atoms with van der Waals surface area (Å²) >= 11 is 23.0. The Bertz CT molecular complexity index is 1040. The number of ether oxygens (including phenoxy) is 2. The lowest BCUT2D eigenvalue weighted by molar-refractivity contribution is -0.164. The molecule has 0 spiro atoms. The van der Waals surface area contributed by atoms with E-state index in [1.54, 1.807) is 6.92 Å². The molecule has 7 nitrogen and oxygen atoms in total. The molecule has 3 atom stereocenters. The first-order valence-electron chi connectivity index (χ1n) is 10.4. The SMILES string of the molecule is C=C(C)C(C(=O)OC(c1ccccc1)c1ccccc1)N1C(=O)[C@H](NC(=O)OCC(Cl)(Cl)Cl)[C@H]1Cl. The fourth-order valence-corrected chi connectivity index (χ4v) is 4.05. The molecule has 3 rings (SSSR count). The van der Waals surface area contributed by atoms with Gasteiger partial charge in [0.25, 0.3) is 5.91 Å². The molecule has 0 bridgehead atoms. The molecular weight excluding hydrogens is 538 g/mol. The van der Waals surface area contributed by atoms with Crippen molar-refractivity contribution < 1.29 is 23.9 Å². The second kappa shape index (κ2) is 11.5. The summed E-state index contributed by atoms with van der Waals surface area (Å²) in [5, 5.41) is 2.30. The minimum atomic E-state index is -1.81. The molecule has 11 heteroatoms. The lowest BCUT2D eigenvalue weighted by Gasteiger charge is -2.47. The molecule has 2 amide bonds. The average molecular weight is 560 g/mol. The summed E-state index contributed by atoms with van der Waals surface area (Å²) in [6.07, 6.45) is -1.72. The van der Waals surface area contributed by atoms with Crippen LogP contribution in [0.25, 0.3) is 0 Å². The number of β-lactam (4-membered cyclic amide) rings is 1. The van der Waals surface area contributed by atoms with Crippen LogP contribution in [0, 0.1) is 0 Å². The van der Waals surface area contributed by atoms with Gasteiger partial charge in [-0.3, -0.25) is 4.79 Å². The zero-order valence-electron chi connectivity index (χ0n) is 18.5. The highest BCUT2D eigenvalue weighted by Crippen LogP contribution is 2.33. The Kier molecular flexibility index (Phi) is 8.94. The monoisotopic (exact) mass is 558 g/mol. The maximum Gasteiger partial charge on any atom is 0.408 e. The normalized spacial score (nSPS) is 18.5. The van der Waals surface area contributed by atoms with Crippen LogP contribution in [-0.4, -0.2) is 50.9 Å². The van der Waals surface area contributed by atoms with E-state index in [2.05, 4.69) is 11.9 Å². The maximum absolute atomic E-state index is 13.3. The van der Waals surface area contributed by atoms with Crippen LogP contribution >= 0.6 is 46.4 Å². The van der Waals surface area contributed by atoms with E-state index in [1.807, 2.05) is 60.7 Å². The number of esters is 1.